The molecule has 1 aromatic heterocycles. The SMILES string of the molecule is c1ccc(-c2ccccc2-n2c3ccccc3c3ccc(N(c4cccc(N(c5ccccc5)c5ccccc5)c4)c4cccc(N(c5ccccc5)c5ccccc5)c4)cc32)cc1. The van der Waals surface area contributed by atoms with Gasteiger partial charge in [-0.1, -0.05) is 158 Å². The summed E-state index contributed by atoms with van der Waals surface area (Å²) in [4.78, 5) is 7.05. The van der Waals surface area contributed by atoms with Gasteiger partial charge in [-0.15, -0.1) is 0 Å². The molecule has 0 N–H and O–H groups in total. The van der Waals surface area contributed by atoms with Gasteiger partial charge in [0.05, 0.1) is 16.7 Å². The molecule has 0 atom stereocenters. The van der Waals surface area contributed by atoms with Crippen LogP contribution in [-0.2, 0) is 0 Å². The second kappa shape index (κ2) is 17.0. The molecule has 0 aliphatic carbocycles. The van der Waals surface area contributed by atoms with Crippen LogP contribution in [0.1, 0.15) is 0 Å². The lowest BCUT2D eigenvalue weighted by molar-refractivity contribution is 1.18. The number of hydrogen-bond donors (Lipinski definition) is 0. The summed E-state index contributed by atoms with van der Waals surface area (Å²) < 4.78 is 2.45. The topological polar surface area (TPSA) is 14.7 Å². The normalized spacial score (nSPS) is 11.1. The van der Waals surface area contributed by atoms with Crippen molar-refractivity contribution in [1.82, 2.24) is 4.57 Å². The van der Waals surface area contributed by atoms with Crippen molar-refractivity contribution in [2.45, 2.75) is 0 Å². The van der Waals surface area contributed by atoms with Crippen molar-refractivity contribution in [2.24, 2.45) is 0 Å². The Morgan fingerprint density at radius 1 is 0.234 bits per heavy atom. The number of hydrogen-bond acceptors (Lipinski definition) is 3. The fourth-order valence-corrected chi connectivity index (χ4v) is 9.08. The van der Waals surface area contributed by atoms with Crippen LogP contribution in [0.2, 0.25) is 0 Å². The van der Waals surface area contributed by atoms with Crippen molar-refractivity contribution < 1.29 is 0 Å². The Kier molecular flexibility index (Phi) is 10.2. The third kappa shape index (κ3) is 7.23. The van der Waals surface area contributed by atoms with Crippen LogP contribution in [0.15, 0.2) is 267 Å². The maximum atomic E-state index is 2.45. The van der Waals surface area contributed by atoms with E-state index >= 15 is 0 Å². The van der Waals surface area contributed by atoms with Gasteiger partial charge in [-0.3, -0.25) is 0 Å². The van der Waals surface area contributed by atoms with Crippen LogP contribution in [0.4, 0.5) is 51.2 Å². The van der Waals surface area contributed by atoms with Crippen LogP contribution in [0.25, 0.3) is 38.6 Å². The summed E-state index contributed by atoms with van der Waals surface area (Å²) in [5, 5.41) is 2.41. The molecule has 11 aromatic rings. The van der Waals surface area contributed by atoms with Crippen LogP contribution in [0.3, 0.4) is 0 Å². The molecule has 0 aliphatic rings. The van der Waals surface area contributed by atoms with Crippen molar-refractivity contribution in [3.63, 3.8) is 0 Å². The van der Waals surface area contributed by atoms with E-state index in [2.05, 4.69) is 286 Å². The van der Waals surface area contributed by atoms with Crippen molar-refractivity contribution in [3.8, 4) is 16.8 Å². The minimum atomic E-state index is 1.03. The van der Waals surface area contributed by atoms with Gasteiger partial charge in [-0.25, -0.2) is 0 Å². The van der Waals surface area contributed by atoms with E-state index in [0.29, 0.717) is 0 Å². The molecule has 4 nitrogen and oxygen atoms in total. The Hall–Kier alpha value is -8.60. The highest BCUT2D eigenvalue weighted by Crippen LogP contribution is 2.45. The molecule has 0 fully saturated rings. The zero-order valence-electron chi connectivity index (χ0n) is 35.2. The number of fused-ring (bicyclic) bond motifs is 3. The summed E-state index contributed by atoms with van der Waals surface area (Å²) in [5.41, 5.74) is 15.3. The Bertz CT molecular complexity index is 3120. The Labute approximate surface area is 374 Å². The van der Waals surface area contributed by atoms with Gasteiger partial charge in [-0.05, 0) is 115 Å². The van der Waals surface area contributed by atoms with E-state index in [-0.39, 0.29) is 0 Å². The van der Waals surface area contributed by atoms with Gasteiger partial charge in [0, 0.05) is 67.5 Å². The van der Waals surface area contributed by atoms with Crippen molar-refractivity contribution in [1.29, 1.82) is 0 Å². The first-order chi connectivity index (χ1) is 31.8. The second-order valence-corrected chi connectivity index (χ2v) is 15.8. The van der Waals surface area contributed by atoms with Gasteiger partial charge in [0.15, 0.2) is 0 Å². The monoisotopic (exact) mass is 820 g/mol. The van der Waals surface area contributed by atoms with Crippen LogP contribution in [0.5, 0.6) is 0 Å². The number of aromatic nitrogens is 1. The Balaban J connectivity index is 1.15. The number of benzene rings is 10. The van der Waals surface area contributed by atoms with Crippen LogP contribution in [0, 0.1) is 0 Å². The first-order valence-corrected chi connectivity index (χ1v) is 21.8. The molecule has 10 aromatic carbocycles. The van der Waals surface area contributed by atoms with E-state index in [9.17, 15) is 0 Å². The molecule has 0 amide bonds. The van der Waals surface area contributed by atoms with Crippen LogP contribution >= 0.6 is 0 Å². The molecule has 1 heterocycles. The van der Waals surface area contributed by atoms with Crippen LogP contribution < -0.4 is 14.7 Å². The van der Waals surface area contributed by atoms with E-state index in [1.54, 1.807) is 0 Å². The van der Waals surface area contributed by atoms with E-state index in [4.69, 9.17) is 0 Å². The number of nitrogens with zero attached hydrogens (tertiary/aromatic N) is 4. The predicted molar refractivity (Wildman–Crippen MR) is 270 cm³/mol. The van der Waals surface area contributed by atoms with Gasteiger partial charge >= 0.3 is 0 Å². The van der Waals surface area contributed by atoms with Gasteiger partial charge in [0.2, 0.25) is 0 Å². The smallest absolute Gasteiger partial charge is 0.0562 e. The number of para-hydroxylation sites is 6. The van der Waals surface area contributed by atoms with Crippen LogP contribution in [-0.4, -0.2) is 4.57 Å². The molecule has 4 heteroatoms. The highest BCUT2D eigenvalue weighted by molar-refractivity contribution is 6.11. The molecular weight excluding hydrogens is 777 g/mol. The van der Waals surface area contributed by atoms with E-state index in [0.717, 1.165) is 67.9 Å². The fraction of sp³-hybridized carbons (Fsp3) is 0. The van der Waals surface area contributed by atoms with Gasteiger partial charge in [-0.2, -0.15) is 0 Å². The minimum absolute atomic E-state index is 1.03. The molecule has 0 radical (unpaired) electrons. The summed E-state index contributed by atoms with van der Waals surface area (Å²) in [6, 6.07) is 95.4. The van der Waals surface area contributed by atoms with E-state index in [1.165, 1.54) is 21.9 Å². The molecular formula is C60H44N4. The minimum Gasteiger partial charge on any atom is -0.310 e. The summed E-state index contributed by atoms with van der Waals surface area (Å²) in [5.74, 6) is 0. The summed E-state index contributed by atoms with van der Waals surface area (Å²) in [6.07, 6.45) is 0. The zero-order chi connectivity index (χ0) is 42.7. The molecule has 0 saturated heterocycles. The first kappa shape index (κ1) is 38.3. The highest BCUT2D eigenvalue weighted by Gasteiger charge is 2.22. The molecule has 11 rings (SSSR count). The lowest BCUT2D eigenvalue weighted by atomic mass is 10.0. The summed E-state index contributed by atoms with van der Waals surface area (Å²) in [6.45, 7) is 0. The lowest BCUT2D eigenvalue weighted by Crippen LogP contribution is -2.14. The third-order valence-corrected chi connectivity index (χ3v) is 11.9. The van der Waals surface area contributed by atoms with E-state index < -0.39 is 0 Å². The number of rotatable bonds is 11. The van der Waals surface area contributed by atoms with Gasteiger partial charge < -0.3 is 19.3 Å². The Morgan fingerprint density at radius 3 is 1.09 bits per heavy atom. The Morgan fingerprint density at radius 2 is 0.594 bits per heavy atom. The second-order valence-electron chi connectivity index (χ2n) is 15.8. The molecule has 64 heavy (non-hydrogen) atoms. The van der Waals surface area contributed by atoms with E-state index in [1.807, 2.05) is 0 Å². The number of anilines is 9. The average Bonchev–Trinajstić information content (AvgIpc) is 3.70. The maximum Gasteiger partial charge on any atom is 0.0562 e. The zero-order valence-corrected chi connectivity index (χ0v) is 35.2. The van der Waals surface area contributed by atoms with Gasteiger partial charge in [0.25, 0.3) is 0 Å². The van der Waals surface area contributed by atoms with Crippen molar-refractivity contribution >= 4 is 73.0 Å². The lowest BCUT2D eigenvalue weighted by Gasteiger charge is -2.31. The molecule has 0 unspecified atom stereocenters. The third-order valence-electron chi connectivity index (χ3n) is 11.9. The van der Waals surface area contributed by atoms with Crippen molar-refractivity contribution in [2.75, 3.05) is 14.7 Å². The maximum absolute atomic E-state index is 2.45. The molecule has 0 spiro atoms. The fourth-order valence-electron chi connectivity index (χ4n) is 9.08. The summed E-state index contributed by atoms with van der Waals surface area (Å²) in [7, 11) is 0. The standard InChI is InChI=1S/C60H44N4/c1-6-22-45(23-7-1)55-36-16-18-38-58(55)64-59-39-19-17-37-56(59)57-41-40-54(44-60(57)64)63(52-34-20-32-50(42-52)61(46-24-8-2-9-25-46)47-26-10-3-11-27-47)53-35-21-33-51(43-53)62(48-28-12-4-13-29-48)49-30-14-5-15-31-49/h1-44H. The molecule has 304 valence electrons. The molecule has 0 aliphatic heterocycles. The molecule has 0 bridgehead atoms. The predicted octanol–water partition coefficient (Wildman–Crippen LogP) is 16.9. The summed E-state index contributed by atoms with van der Waals surface area (Å²) >= 11 is 0. The van der Waals surface area contributed by atoms with Crippen molar-refractivity contribution in [3.05, 3.63) is 267 Å². The molecule has 0 saturated carbocycles. The highest BCUT2D eigenvalue weighted by atomic mass is 15.2. The largest absolute Gasteiger partial charge is 0.310 e. The van der Waals surface area contributed by atoms with Gasteiger partial charge in [0.1, 0.15) is 0 Å². The first-order valence-electron chi connectivity index (χ1n) is 21.8. The average molecular weight is 821 g/mol. The quantitative estimate of drug-likeness (QED) is 0.129.